The molecule has 28 heavy (non-hydrogen) atoms. The number of nitrogens with one attached hydrogen (secondary N) is 1. The Morgan fingerprint density at radius 2 is 1.86 bits per heavy atom. The number of fused-ring (bicyclic) bond motifs is 1. The zero-order chi connectivity index (χ0) is 19.7. The monoisotopic (exact) mass is 380 g/mol. The normalized spacial score (nSPS) is 13.2. The first kappa shape index (κ1) is 18.0. The first-order valence-corrected chi connectivity index (χ1v) is 8.93. The second-order valence-corrected chi connectivity index (χ2v) is 6.71. The maximum atomic E-state index is 13.8. The zero-order valence-electron chi connectivity index (χ0n) is 15.2. The van der Waals surface area contributed by atoms with E-state index in [-0.39, 0.29) is 11.4 Å². The fraction of sp³-hybridized carbons (Fsp3) is 0.190. The predicted molar refractivity (Wildman–Crippen MR) is 102 cm³/mol. The minimum atomic E-state index is -0.841. The number of carbonyl (C=O) groups excluding carboxylic acids is 1. The molecule has 1 aliphatic rings. The molecule has 0 radical (unpaired) electrons. The van der Waals surface area contributed by atoms with E-state index in [9.17, 15) is 13.6 Å². The van der Waals surface area contributed by atoms with Crippen LogP contribution in [0.1, 0.15) is 27.3 Å². The van der Waals surface area contributed by atoms with Crippen LogP contribution in [0.15, 0.2) is 48.5 Å². The van der Waals surface area contributed by atoms with Gasteiger partial charge in [0.1, 0.15) is 17.3 Å². The predicted octanol–water partition coefficient (Wildman–Crippen LogP) is 3.88. The van der Waals surface area contributed by atoms with Crippen molar-refractivity contribution in [1.82, 2.24) is 9.97 Å². The molecule has 5 nitrogen and oxygen atoms in total. The summed E-state index contributed by atoms with van der Waals surface area (Å²) < 4.78 is 26.9. The molecule has 1 amide bonds. The molecule has 3 aromatic rings. The third-order valence-electron chi connectivity index (χ3n) is 4.67. The van der Waals surface area contributed by atoms with Crippen LogP contribution in [0.2, 0.25) is 0 Å². The first-order valence-electron chi connectivity index (χ1n) is 8.93. The number of rotatable bonds is 3. The van der Waals surface area contributed by atoms with Crippen molar-refractivity contribution < 1.29 is 13.6 Å². The smallest absolute Gasteiger partial charge is 0.274 e. The van der Waals surface area contributed by atoms with Gasteiger partial charge in [-0.2, -0.15) is 0 Å². The van der Waals surface area contributed by atoms with E-state index in [1.165, 1.54) is 23.3 Å². The number of aryl methyl sites for hydroxylation is 1. The Morgan fingerprint density at radius 3 is 2.64 bits per heavy atom. The van der Waals surface area contributed by atoms with Gasteiger partial charge in [-0.1, -0.05) is 24.3 Å². The van der Waals surface area contributed by atoms with Crippen molar-refractivity contribution in [2.24, 2.45) is 0 Å². The van der Waals surface area contributed by atoms with Crippen molar-refractivity contribution in [3.63, 3.8) is 0 Å². The molecule has 1 aliphatic heterocycles. The van der Waals surface area contributed by atoms with E-state index in [1.807, 2.05) is 17.0 Å². The molecule has 0 atom stereocenters. The molecular formula is C21H18F2N4O. The van der Waals surface area contributed by atoms with Crippen LogP contribution in [0.5, 0.6) is 0 Å². The van der Waals surface area contributed by atoms with Crippen molar-refractivity contribution in [3.8, 4) is 0 Å². The molecule has 0 fully saturated rings. The fourth-order valence-corrected chi connectivity index (χ4v) is 3.25. The summed E-state index contributed by atoms with van der Waals surface area (Å²) in [5, 5.41) is 2.44. The summed E-state index contributed by atoms with van der Waals surface area (Å²) in [5.74, 6) is -1.66. The average Bonchev–Trinajstić information content (AvgIpc) is 2.69. The molecule has 2 heterocycles. The lowest BCUT2D eigenvalue weighted by Crippen LogP contribution is -2.32. The highest BCUT2D eigenvalue weighted by molar-refractivity contribution is 6.03. The standard InChI is InChI=1S/C21H18F2N4O/c1-13-10-19(20(28)25-18-7-6-16(22)11-17(18)23)26-21(24-13)27-9-8-14-4-2-3-5-15(14)12-27/h2-7,10-11H,8-9,12H2,1H3,(H,25,28). The van der Waals surface area contributed by atoms with Crippen molar-refractivity contribution in [2.75, 3.05) is 16.8 Å². The summed E-state index contributed by atoms with van der Waals surface area (Å²) in [4.78, 5) is 23.4. The summed E-state index contributed by atoms with van der Waals surface area (Å²) in [5.41, 5.74) is 3.17. The van der Waals surface area contributed by atoms with Gasteiger partial charge in [0.2, 0.25) is 5.95 Å². The number of aromatic nitrogens is 2. The van der Waals surface area contributed by atoms with Gasteiger partial charge in [-0.05, 0) is 42.7 Å². The highest BCUT2D eigenvalue weighted by Gasteiger charge is 2.20. The minimum absolute atomic E-state index is 0.101. The number of halogens is 2. The maximum Gasteiger partial charge on any atom is 0.274 e. The molecule has 0 saturated heterocycles. The lowest BCUT2D eigenvalue weighted by molar-refractivity contribution is 0.102. The molecule has 0 spiro atoms. The maximum absolute atomic E-state index is 13.8. The quantitative estimate of drug-likeness (QED) is 0.749. The van der Waals surface area contributed by atoms with Gasteiger partial charge >= 0.3 is 0 Å². The Kier molecular flexibility index (Phi) is 4.73. The zero-order valence-corrected chi connectivity index (χ0v) is 15.2. The summed E-state index contributed by atoms with van der Waals surface area (Å²) in [6.45, 7) is 3.18. The molecule has 2 aromatic carbocycles. The van der Waals surface area contributed by atoms with E-state index in [4.69, 9.17) is 0 Å². The van der Waals surface area contributed by atoms with Crippen LogP contribution < -0.4 is 10.2 Å². The molecule has 7 heteroatoms. The van der Waals surface area contributed by atoms with E-state index in [0.717, 1.165) is 25.1 Å². The van der Waals surface area contributed by atoms with Gasteiger partial charge in [0.15, 0.2) is 0 Å². The molecule has 0 unspecified atom stereocenters. The van der Waals surface area contributed by atoms with Gasteiger partial charge in [0.25, 0.3) is 5.91 Å². The lowest BCUT2D eigenvalue weighted by atomic mass is 10.0. The second kappa shape index (κ2) is 7.34. The van der Waals surface area contributed by atoms with Crippen molar-refractivity contribution in [3.05, 3.63) is 82.7 Å². The van der Waals surface area contributed by atoms with Crippen LogP contribution in [-0.4, -0.2) is 22.4 Å². The number of nitrogens with zero attached hydrogens (tertiary/aromatic N) is 3. The molecule has 1 N–H and O–H groups in total. The van der Waals surface area contributed by atoms with Gasteiger partial charge in [0.05, 0.1) is 5.69 Å². The van der Waals surface area contributed by atoms with Gasteiger partial charge in [-0.25, -0.2) is 18.7 Å². The van der Waals surface area contributed by atoms with E-state index in [0.29, 0.717) is 18.2 Å². The number of amides is 1. The lowest BCUT2D eigenvalue weighted by Gasteiger charge is -2.29. The van der Waals surface area contributed by atoms with Crippen LogP contribution in [-0.2, 0) is 13.0 Å². The molecule has 1 aromatic heterocycles. The highest BCUT2D eigenvalue weighted by Crippen LogP contribution is 2.23. The number of benzene rings is 2. The third-order valence-corrected chi connectivity index (χ3v) is 4.67. The van der Waals surface area contributed by atoms with Gasteiger partial charge in [-0.15, -0.1) is 0 Å². The number of carbonyl (C=O) groups is 1. The van der Waals surface area contributed by atoms with Gasteiger partial charge in [0, 0.05) is 24.8 Å². The summed E-state index contributed by atoms with van der Waals surface area (Å²) in [6, 6.07) is 12.7. The van der Waals surface area contributed by atoms with Crippen molar-refractivity contribution in [2.45, 2.75) is 19.9 Å². The Bertz CT molecular complexity index is 1050. The molecular weight excluding hydrogens is 362 g/mol. The molecule has 0 bridgehead atoms. The van der Waals surface area contributed by atoms with Crippen LogP contribution in [0.3, 0.4) is 0 Å². The Hall–Kier alpha value is -3.35. The van der Waals surface area contributed by atoms with Crippen molar-refractivity contribution in [1.29, 1.82) is 0 Å². The molecule has 142 valence electrons. The van der Waals surface area contributed by atoms with E-state index in [1.54, 1.807) is 6.92 Å². The van der Waals surface area contributed by atoms with Gasteiger partial charge in [-0.3, -0.25) is 4.79 Å². The third kappa shape index (κ3) is 3.69. The highest BCUT2D eigenvalue weighted by atomic mass is 19.1. The van der Waals surface area contributed by atoms with Gasteiger partial charge < -0.3 is 10.2 Å². The van der Waals surface area contributed by atoms with Crippen molar-refractivity contribution >= 4 is 17.5 Å². The van der Waals surface area contributed by atoms with Crippen LogP contribution in [0.25, 0.3) is 0 Å². The summed E-state index contributed by atoms with van der Waals surface area (Å²) >= 11 is 0. The van der Waals surface area contributed by atoms with Crippen LogP contribution in [0, 0.1) is 18.6 Å². The van der Waals surface area contributed by atoms with E-state index >= 15 is 0 Å². The molecule has 4 rings (SSSR count). The van der Waals surface area contributed by atoms with E-state index in [2.05, 4.69) is 27.4 Å². The molecule has 0 saturated carbocycles. The molecule has 0 aliphatic carbocycles. The first-order chi connectivity index (χ1) is 13.5. The summed E-state index contributed by atoms with van der Waals surface area (Å²) in [7, 11) is 0. The Labute approximate surface area is 161 Å². The van der Waals surface area contributed by atoms with Crippen LogP contribution in [0.4, 0.5) is 20.4 Å². The number of hydrogen-bond acceptors (Lipinski definition) is 4. The minimum Gasteiger partial charge on any atom is -0.336 e. The second-order valence-electron chi connectivity index (χ2n) is 6.71. The topological polar surface area (TPSA) is 58.1 Å². The van der Waals surface area contributed by atoms with E-state index < -0.39 is 17.5 Å². The average molecular weight is 380 g/mol. The number of hydrogen-bond donors (Lipinski definition) is 1. The number of anilines is 2. The Balaban J connectivity index is 1.58. The summed E-state index contributed by atoms with van der Waals surface area (Å²) in [6.07, 6.45) is 0.871. The fourth-order valence-electron chi connectivity index (χ4n) is 3.25. The SMILES string of the molecule is Cc1cc(C(=O)Nc2ccc(F)cc2F)nc(N2CCc3ccccc3C2)n1. The van der Waals surface area contributed by atoms with Crippen LogP contribution >= 0.6 is 0 Å². The largest absolute Gasteiger partial charge is 0.336 e. The Morgan fingerprint density at radius 1 is 1.07 bits per heavy atom.